The number of likely N-dealkylation sites (N-methyl/N-ethyl adjacent to an activating group) is 1. The normalized spacial score (nSPS) is 11.1. The lowest BCUT2D eigenvalue weighted by Gasteiger charge is -2.10. The number of esters is 1. The number of carbonyl (C=O) groups is 1. The summed E-state index contributed by atoms with van der Waals surface area (Å²) in [6, 6.07) is 8.46. The molecule has 32 heavy (non-hydrogen) atoms. The number of ether oxygens (including phenoxy) is 1. The smallest absolute Gasteiger partial charge is 0.306 e. The molecule has 184 valence electrons. The first-order chi connectivity index (χ1) is 15.6. The molecule has 0 bridgehead atoms. The highest BCUT2D eigenvalue weighted by molar-refractivity contribution is 5.69. The average Bonchev–Trinajstić information content (AvgIpc) is 2.78. The molecule has 0 unspecified atom stereocenters. The van der Waals surface area contributed by atoms with Gasteiger partial charge >= 0.3 is 5.97 Å². The number of rotatable bonds is 21. The van der Waals surface area contributed by atoms with E-state index in [1.165, 1.54) is 94.7 Å². The van der Waals surface area contributed by atoms with Crippen molar-refractivity contribution in [3.8, 4) is 0 Å². The summed E-state index contributed by atoms with van der Waals surface area (Å²) in [7, 11) is 3.95. The first-order valence-corrected chi connectivity index (χ1v) is 13.2. The molecule has 0 fully saturated rings. The molecule has 1 rings (SSSR count). The molecule has 1 aromatic rings. The first-order valence-electron chi connectivity index (χ1n) is 13.2. The summed E-state index contributed by atoms with van der Waals surface area (Å²) in [6.45, 7) is 4.56. The molecule has 0 atom stereocenters. The second-order valence-electron chi connectivity index (χ2n) is 9.39. The van der Waals surface area contributed by atoms with Crippen molar-refractivity contribution < 1.29 is 9.53 Å². The van der Waals surface area contributed by atoms with Crippen LogP contribution < -0.4 is 5.32 Å². The molecule has 0 heterocycles. The predicted octanol–water partition coefficient (Wildman–Crippen LogP) is 7.23. The molecule has 0 aromatic heterocycles. The number of anilines is 1. The maximum atomic E-state index is 11.8. The minimum absolute atomic E-state index is 0.114. The molecular formula is C28H50N2O2. The lowest BCUT2D eigenvalue weighted by Crippen LogP contribution is -2.20. The van der Waals surface area contributed by atoms with Crippen LogP contribution in [0.4, 0.5) is 5.69 Å². The van der Waals surface area contributed by atoms with E-state index in [2.05, 4.69) is 36.5 Å². The number of unbranched alkanes of at least 4 members (excludes halogenated alkanes) is 12. The van der Waals surface area contributed by atoms with E-state index in [0.29, 0.717) is 13.0 Å². The predicted molar refractivity (Wildman–Crippen MR) is 138 cm³/mol. The Kier molecular flexibility index (Phi) is 17.9. The fourth-order valence-corrected chi connectivity index (χ4v) is 3.83. The van der Waals surface area contributed by atoms with E-state index in [4.69, 9.17) is 4.74 Å². The summed E-state index contributed by atoms with van der Waals surface area (Å²) in [4.78, 5) is 13.8. The van der Waals surface area contributed by atoms with Crippen molar-refractivity contribution in [1.82, 2.24) is 4.90 Å². The maximum absolute atomic E-state index is 11.8. The third-order valence-electron chi connectivity index (χ3n) is 5.98. The SMILES string of the molecule is CCCCCCCCCCCCCCCNc1ccc(CCC(=O)OCCN(C)C)cc1. The van der Waals surface area contributed by atoms with Crippen molar-refractivity contribution >= 4 is 11.7 Å². The fourth-order valence-electron chi connectivity index (χ4n) is 3.83. The quantitative estimate of drug-likeness (QED) is 0.160. The van der Waals surface area contributed by atoms with Gasteiger partial charge in [-0.15, -0.1) is 0 Å². The first kappa shape index (κ1) is 28.5. The van der Waals surface area contributed by atoms with E-state index in [9.17, 15) is 4.79 Å². The molecule has 0 saturated carbocycles. The van der Waals surface area contributed by atoms with Crippen LogP contribution in [0.1, 0.15) is 102 Å². The maximum Gasteiger partial charge on any atom is 0.306 e. The highest BCUT2D eigenvalue weighted by atomic mass is 16.5. The van der Waals surface area contributed by atoms with Gasteiger partial charge in [-0.3, -0.25) is 4.79 Å². The van der Waals surface area contributed by atoms with Crippen LogP contribution in [0.5, 0.6) is 0 Å². The van der Waals surface area contributed by atoms with E-state index < -0.39 is 0 Å². The van der Waals surface area contributed by atoms with Gasteiger partial charge < -0.3 is 15.0 Å². The molecule has 4 heteroatoms. The highest BCUT2D eigenvalue weighted by Crippen LogP contribution is 2.14. The van der Waals surface area contributed by atoms with E-state index >= 15 is 0 Å². The van der Waals surface area contributed by atoms with Gasteiger partial charge in [0.05, 0.1) is 0 Å². The van der Waals surface area contributed by atoms with Crippen LogP contribution in [-0.4, -0.2) is 44.7 Å². The molecule has 1 aromatic carbocycles. The lowest BCUT2D eigenvalue weighted by atomic mass is 10.0. The van der Waals surface area contributed by atoms with Crippen LogP contribution in [0.15, 0.2) is 24.3 Å². The molecule has 0 spiro atoms. The molecule has 0 aliphatic carbocycles. The number of carbonyl (C=O) groups excluding carboxylic acids is 1. The number of aryl methyl sites for hydroxylation is 1. The Labute approximate surface area is 198 Å². The van der Waals surface area contributed by atoms with Crippen molar-refractivity contribution in [1.29, 1.82) is 0 Å². The summed E-state index contributed by atoms with van der Waals surface area (Å²) in [5, 5.41) is 3.52. The Hall–Kier alpha value is -1.55. The average molecular weight is 447 g/mol. The van der Waals surface area contributed by atoms with Crippen LogP contribution in [0, 0.1) is 0 Å². The van der Waals surface area contributed by atoms with Gasteiger partial charge in [0.1, 0.15) is 6.61 Å². The number of nitrogens with zero attached hydrogens (tertiary/aromatic N) is 1. The van der Waals surface area contributed by atoms with E-state index in [0.717, 1.165) is 19.5 Å². The zero-order valence-corrected chi connectivity index (χ0v) is 21.3. The number of hydrogen-bond donors (Lipinski definition) is 1. The second-order valence-corrected chi connectivity index (χ2v) is 9.39. The number of nitrogens with one attached hydrogen (secondary N) is 1. The zero-order valence-electron chi connectivity index (χ0n) is 21.3. The highest BCUT2D eigenvalue weighted by Gasteiger charge is 2.04. The largest absolute Gasteiger partial charge is 0.464 e. The summed E-state index contributed by atoms with van der Waals surface area (Å²) in [5.74, 6) is -0.114. The number of hydrogen-bond acceptors (Lipinski definition) is 4. The summed E-state index contributed by atoms with van der Waals surface area (Å²) in [6.07, 6.45) is 19.3. The van der Waals surface area contributed by atoms with Crippen LogP contribution in [0.3, 0.4) is 0 Å². The van der Waals surface area contributed by atoms with Gasteiger partial charge in [-0.25, -0.2) is 0 Å². The molecule has 4 nitrogen and oxygen atoms in total. The summed E-state index contributed by atoms with van der Waals surface area (Å²) >= 11 is 0. The minimum atomic E-state index is -0.114. The molecule has 1 N–H and O–H groups in total. The Bertz CT molecular complexity index is 557. The van der Waals surface area contributed by atoms with Gasteiger partial charge in [0, 0.05) is 25.2 Å². The van der Waals surface area contributed by atoms with Crippen molar-refractivity contribution in [2.75, 3.05) is 39.1 Å². The lowest BCUT2D eigenvalue weighted by molar-refractivity contribution is -0.143. The van der Waals surface area contributed by atoms with E-state index in [1.807, 2.05) is 19.0 Å². The van der Waals surface area contributed by atoms with Crippen molar-refractivity contribution in [2.45, 2.75) is 103 Å². The standard InChI is InChI=1S/C28H50N2O2/c1-4-5-6-7-8-9-10-11-12-13-14-15-16-23-29-27-20-17-26(18-21-27)19-22-28(31)32-25-24-30(2)3/h17-18,20-21,29H,4-16,19,22-25H2,1-3H3. The van der Waals surface area contributed by atoms with Crippen molar-refractivity contribution in [3.05, 3.63) is 29.8 Å². The molecule has 0 amide bonds. The van der Waals surface area contributed by atoms with Crippen molar-refractivity contribution in [3.63, 3.8) is 0 Å². The fraction of sp³-hybridized carbons (Fsp3) is 0.750. The van der Waals surface area contributed by atoms with Crippen LogP contribution in [-0.2, 0) is 16.0 Å². The topological polar surface area (TPSA) is 41.6 Å². The van der Waals surface area contributed by atoms with Gasteiger partial charge in [0.25, 0.3) is 0 Å². The van der Waals surface area contributed by atoms with Gasteiger partial charge in [0.15, 0.2) is 0 Å². The van der Waals surface area contributed by atoms with Gasteiger partial charge in [0.2, 0.25) is 0 Å². The van der Waals surface area contributed by atoms with Gasteiger partial charge in [-0.05, 0) is 44.6 Å². The molecule has 0 saturated heterocycles. The van der Waals surface area contributed by atoms with Crippen LogP contribution >= 0.6 is 0 Å². The minimum Gasteiger partial charge on any atom is -0.464 e. The van der Waals surface area contributed by atoms with Crippen LogP contribution in [0.25, 0.3) is 0 Å². The molecule has 0 aliphatic heterocycles. The van der Waals surface area contributed by atoms with Crippen LogP contribution in [0.2, 0.25) is 0 Å². The van der Waals surface area contributed by atoms with Gasteiger partial charge in [-0.2, -0.15) is 0 Å². The van der Waals surface area contributed by atoms with E-state index in [-0.39, 0.29) is 5.97 Å². The zero-order chi connectivity index (χ0) is 23.3. The van der Waals surface area contributed by atoms with E-state index in [1.54, 1.807) is 0 Å². The second kappa shape index (κ2) is 20.1. The van der Waals surface area contributed by atoms with Gasteiger partial charge in [-0.1, -0.05) is 96.1 Å². The molecule has 0 aliphatic rings. The Morgan fingerprint density at radius 3 is 1.88 bits per heavy atom. The molecule has 0 radical (unpaired) electrons. The third kappa shape index (κ3) is 17.1. The Morgan fingerprint density at radius 1 is 0.812 bits per heavy atom. The number of benzene rings is 1. The third-order valence-corrected chi connectivity index (χ3v) is 5.98. The summed E-state index contributed by atoms with van der Waals surface area (Å²) in [5.41, 5.74) is 2.35. The Morgan fingerprint density at radius 2 is 1.34 bits per heavy atom. The summed E-state index contributed by atoms with van der Waals surface area (Å²) < 4.78 is 5.24. The Balaban J connectivity index is 1.95. The monoisotopic (exact) mass is 446 g/mol. The molecular weight excluding hydrogens is 396 g/mol. The van der Waals surface area contributed by atoms with Crippen molar-refractivity contribution in [2.24, 2.45) is 0 Å².